The summed E-state index contributed by atoms with van der Waals surface area (Å²) in [5.41, 5.74) is -0.0370. The molecule has 0 aliphatic carbocycles. The second-order valence-electron chi connectivity index (χ2n) is 1.70. The molecule has 1 radical (unpaired) electrons. The summed E-state index contributed by atoms with van der Waals surface area (Å²) in [6.07, 6.45) is 2.41. The number of hydrogen-bond acceptors (Lipinski definition) is 5. The molecular formula is C4H3N4O3. The topological polar surface area (TPSA) is 102 Å². The molecule has 0 aliphatic rings. The van der Waals surface area contributed by atoms with Crippen LogP contribution < -0.4 is 0 Å². The zero-order chi connectivity index (χ0) is 8.27. The Morgan fingerprint density at radius 2 is 2.55 bits per heavy atom. The Balaban J connectivity index is 2.88. The van der Waals surface area contributed by atoms with Gasteiger partial charge in [-0.15, -0.1) is 5.10 Å². The summed E-state index contributed by atoms with van der Waals surface area (Å²) in [5.74, 6) is 0. The number of H-pyrrole nitrogens is 1. The van der Waals surface area contributed by atoms with Gasteiger partial charge in [0, 0.05) is 4.92 Å². The molecule has 0 spiro atoms. The number of hydrogen-bond donors (Lipinski definition) is 1. The van der Waals surface area contributed by atoms with E-state index in [0.717, 1.165) is 0 Å². The number of aromatic amines is 1. The van der Waals surface area contributed by atoms with Crippen LogP contribution in [0.1, 0.15) is 11.7 Å². The van der Waals surface area contributed by atoms with Gasteiger partial charge in [-0.2, -0.15) is 0 Å². The first-order chi connectivity index (χ1) is 5.25. The van der Waals surface area contributed by atoms with Gasteiger partial charge >= 0.3 is 6.04 Å². The fraction of sp³-hybridized carbons (Fsp3) is 0.250. The molecule has 1 rings (SSSR count). The molecule has 0 amide bonds. The zero-order valence-electron chi connectivity index (χ0n) is 5.22. The van der Waals surface area contributed by atoms with Crippen LogP contribution in [0, 0.1) is 10.1 Å². The van der Waals surface area contributed by atoms with Crippen molar-refractivity contribution in [3.8, 4) is 0 Å². The van der Waals surface area contributed by atoms with Crippen LogP contribution in [0.2, 0.25) is 0 Å². The van der Waals surface area contributed by atoms with Gasteiger partial charge in [-0.25, -0.2) is 0 Å². The van der Waals surface area contributed by atoms with Gasteiger partial charge in [0.2, 0.25) is 0 Å². The number of rotatable bonds is 3. The van der Waals surface area contributed by atoms with Crippen LogP contribution in [0.15, 0.2) is 6.20 Å². The molecule has 0 saturated heterocycles. The summed E-state index contributed by atoms with van der Waals surface area (Å²) in [4.78, 5) is 19.3. The quantitative estimate of drug-likeness (QED) is 0.456. The lowest BCUT2D eigenvalue weighted by atomic mass is 10.3. The van der Waals surface area contributed by atoms with Crippen molar-refractivity contribution in [2.24, 2.45) is 0 Å². The maximum atomic E-state index is 10.1. The Morgan fingerprint density at radius 3 is 2.91 bits per heavy atom. The molecule has 1 unspecified atom stereocenters. The summed E-state index contributed by atoms with van der Waals surface area (Å²) in [6.45, 7) is 0. The van der Waals surface area contributed by atoms with E-state index in [-0.39, 0.29) is 5.69 Å². The molecule has 1 aromatic heterocycles. The zero-order valence-corrected chi connectivity index (χ0v) is 5.22. The predicted octanol–water partition coefficient (Wildman–Crippen LogP) is -0.768. The smallest absolute Gasteiger partial charge is 0.282 e. The van der Waals surface area contributed by atoms with Crippen molar-refractivity contribution in [3.05, 3.63) is 22.0 Å². The molecule has 1 atom stereocenters. The highest BCUT2D eigenvalue weighted by Gasteiger charge is 2.25. The Hall–Kier alpha value is -1.79. The van der Waals surface area contributed by atoms with E-state index in [1.54, 1.807) is 0 Å². The highest BCUT2D eigenvalue weighted by Crippen LogP contribution is 2.07. The lowest BCUT2D eigenvalue weighted by molar-refractivity contribution is -0.509. The van der Waals surface area contributed by atoms with Crippen molar-refractivity contribution in [1.82, 2.24) is 15.4 Å². The first-order valence-corrected chi connectivity index (χ1v) is 2.63. The molecule has 7 heteroatoms. The van der Waals surface area contributed by atoms with Crippen LogP contribution in [-0.2, 0) is 4.79 Å². The third kappa shape index (κ3) is 1.37. The van der Waals surface area contributed by atoms with Crippen LogP contribution in [0.3, 0.4) is 0 Å². The Kier molecular flexibility index (Phi) is 1.90. The minimum absolute atomic E-state index is 0.0370. The summed E-state index contributed by atoms with van der Waals surface area (Å²) in [6, 6.07) is -1.53. The number of nitro groups is 1. The SMILES string of the molecule is O=[C]C(c1c[nH]nn1)[N+](=O)[O-]. The maximum Gasteiger partial charge on any atom is 0.323 e. The van der Waals surface area contributed by atoms with Gasteiger partial charge in [0.1, 0.15) is 0 Å². The second-order valence-corrected chi connectivity index (χ2v) is 1.70. The molecule has 0 bridgehead atoms. The molecule has 1 N–H and O–H groups in total. The van der Waals surface area contributed by atoms with E-state index in [4.69, 9.17) is 0 Å². The van der Waals surface area contributed by atoms with Crippen LogP contribution in [0.25, 0.3) is 0 Å². The predicted molar refractivity (Wildman–Crippen MR) is 31.8 cm³/mol. The number of nitrogens with zero attached hydrogens (tertiary/aromatic N) is 3. The van der Waals surface area contributed by atoms with E-state index in [1.807, 2.05) is 0 Å². The van der Waals surface area contributed by atoms with Gasteiger partial charge in [0.05, 0.1) is 6.20 Å². The van der Waals surface area contributed by atoms with Crippen molar-refractivity contribution in [2.75, 3.05) is 0 Å². The second kappa shape index (κ2) is 2.86. The van der Waals surface area contributed by atoms with E-state index in [2.05, 4.69) is 15.4 Å². The average molecular weight is 155 g/mol. The van der Waals surface area contributed by atoms with E-state index < -0.39 is 11.0 Å². The molecule has 0 fully saturated rings. The standard InChI is InChI=1S/C4H3N4O3/c9-2-4(8(10)11)3-1-5-7-6-3/h1,4H,(H,5,6,7). The van der Waals surface area contributed by atoms with Gasteiger partial charge in [-0.1, -0.05) is 5.21 Å². The van der Waals surface area contributed by atoms with Crippen LogP contribution >= 0.6 is 0 Å². The fourth-order valence-electron chi connectivity index (χ4n) is 0.555. The van der Waals surface area contributed by atoms with Gasteiger partial charge in [-0.05, 0) is 0 Å². The Bertz CT molecular complexity index is 256. The van der Waals surface area contributed by atoms with E-state index in [1.165, 1.54) is 12.5 Å². The molecule has 11 heavy (non-hydrogen) atoms. The van der Waals surface area contributed by atoms with E-state index in [9.17, 15) is 14.9 Å². The first kappa shape index (κ1) is 7.32. The number of aromatic nitrogens is 3. The fourth-order valence-corrected chi connectivity index (χ4v) is 0.555. The summed E-state index contributed by atoms with van der Waals surface area (Å²) < 4.78 is 0. The molecule has 57 valence electrons. The number of nitrogens with one attached hydrogen (secondary N) is 1. The van der Waals surface area contributed by atoms with Gasteiger partial charge in [0.25, 0.3) is 6.29 Å². The molecule has 1 heterocycles. The largest absolute Gasteiger partial charge is 0.323 e. The normalized spacial score (nSPS) is 12.4. The van der Waals surface area contributed by atoms with Crippen molar-refractivity contribution in [1.29, 1.82) is 0 Å². The number of carbonyl (C=O) groups excluding carboxylic acids is 1. The van der Waals surface area contributed by atoms with Crippen molar-refractivity contribution < 1.29 is 9.72 Å². The van der Waals surface area contributed by atoms with Crippen LogP contribution in [0.4, 0.5) is 0 Å². The lowest BCUT2D eigenvalue weighted by Gasteiger charge is -1.93. The Labute approximate surface area is 60.6 Å². The van der Waals surface area contributed by atoms with E-state index in [0.29, 0.717) is 0 Å². The summed E-state index contributed by atoms with van der Waals surface area (Å²) in [5, 5.41) is 18.9. The first-order valence-electron chi connectivity index (χ1n) is 2.63. The van der Waals surface area contributed by atoms with Crippen LogP contribution in [0.5, 0.6) is 0 Å². The van der Waals surface area contributed by atoms with Gasteiger partial charge < -0.3 is 0 Å². The maximum absolute atomic E-state index is 10.1. The molecule has 1 aromatic rings. The molecule has 0 aromatic carbocycles. The van der Waals surface area contributed by atoms with Gasteiger partial charge in [0.15, 0.2) is 5.69 Å². The third-order valence-electron chi connectivity index (χ3n) is 1.04. The van der Waals surface area contributed by atoms with E-state index >= 15 is 0 Å². The summed E-state index contributed by atoms with van der Waals surface area (Å²) in [7, 11) is 0. The average Bonchev–Trinajstić information content (AvgIpc) is 2.40. The molecule has 7 nitrogen and oxygen atoms in total. The third-order valence-corrected chi connectivity index (χ3v) is 1.04. The minimum Gasteiger partial charge on any atom is -0.282 e. The highest BCUT2D eigenvalue weighted by molar-refractivity contribution is 5.58. The minimum atomic E-state index is -1.53. The van der Waals surface area contributed by atoms with Crippen molar-refractivity contribution in [3.63, 3.8) is 0 Å². The molecular weight excluding hydrogens is 152 g/mol. The lowest BCUT2D eigenvalue weighted by Crippen LogP contribution is -2.11. The Morgan fingerprint density at radius 1 is 1.82 bits per heavy atom. The molecule has 0 aliphatic heterocycles. The summed E-state index contributed by atoms with van der Waals surface area (Å²) >= 11 is 0. The van der Waals surface area contributed by atoms with Crippen molar-refractivity contribution in [2.45, 2.75) is 6.04 Å². The van der Waals surface area contributed by atoms with Gasteiger partial charge in [-0.3, -0.25) is 20.0 Å². The molecule has 0 saturated carbocycles. The van der Waals surface area contributed by atoms with Crippen molar-refractivity contribution >= 4 is 6.29 Å². The monoisotopic (exact) mass is 155 g/mol. The van der Waals surface area contributed by atoms with Crippen LogP contribution in [-0.4, -0.2) is 26.6 Å². The highest BCUT2D eigenvalue weighted by atomic mass is 16.6.